The zero-order chi connectivity index (χ0) is 17.9. The zero-order valence-electron chi connectivity index (χ0n) is 15.0. The molecule has 0 atom stereocenters. The van der Waals surface area contributed by atoms with Crippen LogP contribution in [-0.2, 0) is 4.79 Å². The van der Waals surface area contributed by atoms with Crippen molar-refractivity contribution < 1.29 is 4.79 Å². The SMILES string of the molecule is O=C(Nc1cccc(-c2cccc(Cl)c2)c1)C1CCN(CC2CC2)CC1. The minimum Gasteiger partial charge on any atom is -0.326 e. The highest BCUT2D eigenvalue weighted by atomic mass is 35.5. The Bertz CT molecular complexity index is 779. The fraction of sp³-hybridized carbons (Fsp3) is 0.409. The summed E-state index contributed by atoms with van der Waals surface area (Å²) >= 11 is 6.09. The van der Waals surface area contributed by atoms with Gasteiger partial charge in [-0.2, -0.15) is 0 Å². The molecule has 0 aromatic heterocycles. The van der Waals surface area contributed by atoms with E-state index in [-0.39, 0.29) is 11.8 Å². The van der Waals surface area contributed by atoms with Gasteiger partial charge in [0.25, 0.3) is 0 Å². The molecular weight excluding hydrogens is 344 g/mol. The molecule has 2 fully saturated rings. The number of carbonyl (C=O) groups is 1. The van der Waals surface area contributed by atoms with Gasteiger partial charge in [0.15, 0.2) is 0 Å². The molecule has 1 amide bonds. The topological polar surface area (TPSA) is 32.3 Å². The van der Waals surface area contributed by atoms with Gasteiger partial charge in [0.1, 0.15) is 0 Å². The van der Waals surface area contributed by atoms with Crippen LogP contribution >= 0.6 is 11.6 Å². The third kappa shape index (κ3) is 4.46. The van der Waals surface area contributed by atoms with E-state index in [0.29, 0.717) is 0 Å². The van der Waals surface area contributed by atoms with Crippen LogP contribution in [0.4, 0.5) is 5.69 Å². The Balaban J connectivity index is 1.36. The second-order valence-corrected chi connectivity index (χ2v) is 8.04. The van der Waals surface area contributed by atoms with Crippen molar-refractivity contribution in [2.24, 2.45) is 11.8 Å². The third-order valence-electron chi connectivity index (χ3n) is 5.46. The number of likely N-dealkylation sites (tertiary alicyclic amines) is 1. The number of hydrogen-bond donors (Lipinski definition) is 1. The largest absolute Gasteiger partial charge is 0.326 e. The molecule has 0 unspecified atom stereocenters. The zero-order valence-corrected chi connectivity index (χ0v) is 15.7. The highest BCUT2D eigenvalue weighted by molar-refractivity contribution is 6.30. The van der Waals surface area contributed by atoms with Crippen LogP contribution in [0.1, 0.15) is 25.7 Å². The molecule has 1 saturated carbocycles. The van der Waals surface area contributed by atoms with Crippen LogP contribution in [0, 0.1) is 11.8 Å². The van der Waals surface area contributed by atoms with Gasteiger partial charge in [-0.25, -0.2) is 0 Å². The van der Waals surface area contributed by atoms with E-state index in [1.165, 1.54) is 19.4 Å². The summed E-state index contributed by atoms with van der Waals surface area (Å²) in [6.45, 7) is 3.34. The highest BCUT2D eigenvalue weighted by Crippen LogP contribution is 2.31. The van der Waals surface area contributed by atoms with Crippen molar-refractivity contribution in [2.75, 3.05) is 25.0 Å². The molecule has 1 aliphatic carbocycles. The van der Waals surface area contributed by atoms with Crippen LogP contribution in [0.5, 0.6) is 0 Å². The Morgan fingerprint density at radius 1 is 1.00 bits per heavy atom. The summed E-state index contributed by atoms with van der Waals surface area (Å²) in [6.07, 6.45) is 4.71. The Hall–Kier alpha value is -1.84. The summed E-state index contributed by atoms with van der Waals surface area (Å²) < 4.78 is 0. The summed E-state index contributed by atoms with van der Waals surface area (Å²) in [4.78, 5) is 15.2. The maximum atomic E-state index is 12.7. The predicted octanol–water partition coefficient (Wildman–Crippen LogP) is 5.07. The Morgan fingerprint density at radius 3 is 2.38 bits per heavy atom. The number of nitrogens with zero attached hydrogens (tertiary/aromatic N) is 1. The quantitative estimate of drug-likeness (QED) is 0.799. The molecule has 4 rings (SSSR count). The number of nitrogens with one attached hydrogen (secondary N) is 1. The smallest absolute Gasteiger partial charge is 0.227 e. The molecule has 2 aromatic rings. The first-order chi connectivity index (χ1) is 12.7. The fourth-order valence-corrected chi connectivity index (χ4v) is 3.92. The van der Waals surface area contributed by atoms with Crippen LogP contribution in [0.15, 0.2) is 48.5 Å². The van der Waals surface area contributed by atoms with Crippen LogP contribution < -0.4 is 5.32 Å². The van der Waals surface area contributed by atoms with Gasteiger partial charge in [0.2, 0.25) is 5.91 Å². The van der Waals surface area contributed by atoms with E-state index in [1.807, 2.05) is 48.5 Å². The Labute approximate surface area is 160 Å². The van der Waals surface area contributed by atoms with Gasteiger partial charge in [-0.1, -0.05) is 35.9 Å². The van der Waals surface area contributed by atoms with Crippen molar-refractivity contribution in [1.29, 1.82) is 0 Å². The molecule has 2 aliphatic rings. The first-order valence-electron chi connectivity index (χ1n) is 9.56. The molecule has 1 aliphatic heterocycles. The maximum Gasteiger partial charge on any atom is 0.227 e. The Kier molecular flexibility index (Phi) is 5.28. The summed E-state index contributed by atoms with van der Waals surface area (Å²) in [5.74, 6) is 1.20. The molecule has 1 saturated heterocycles. The third-order valence-corrected chi connectivity index (χ3v) is 5.69. The average molecular weight is 369 g/mol. The summed E-state index contributed by atoms with van der Waals surface area (Å²) in [5.41, 5.74) is 2.97. The lowest BCUT2D eigenvalue weighted by atomic mass is 9.95. The van der Waals surface area contributed by atoms with Crippen LogP contribution in [0.3, 0.4) is 0 Å². The van der Waals surface area contributed by atoms with E-state index < -0.39 is 0 Å². The summed E-state index contributed by atoms with van der Waals surface area (Å²) in [6, 6.07) is 15.8. The minimum atomic E-state index is 0.125. The predicted molar refractivity (Wildman–Crippen MR) is 107 cm³/mol. The van der Waals surface area contributed by atoms with Crippen molar-refractivity contribution >= 4 is 23.2 Å². The lowest BCUT2D eigenvalue weighted by molar-refractivity contribution is -0.121. The van der Waals surface area contributed by atoms with Gasteiger partial charge in [-0.3, -0.25) is 4.79 Å². The van der Waals surface area contributed by atoms with E-state index >= 15 is 0 Å². The fourth-order valence-electron chi connectivity index (χ4n) is 3.73. The molecule has 0 radical (unpaired) electrons. The van der Waals surface area contributed by atoms with Crippen LogP contribution in [0.2, 0.25) is 5.02 Å². The van der Waals surface area contributed by atoms with Crippen molar-refractivity contribution in [3.05, 3.63) is 53.6 Å². The molecule has 2 aromatic carbocycles. The number of benzene rings is 2. The number of rotatable bonds is 5. The van der Waals surface area contributed by atoms with Crippen molar-refractivity contribution in [3.63, 3.8) is 0 Å². The number of piperidine rings is 1. The van der Waals surface area contributed by atoms with Gasteiger partial charge in [-0.15, -0.1) is 0 Å². The maximum absolute atomic E-state index is 12.7. The normalized spacial score (nSPS) is 18.7. The monoisotopic (exact) mass is 368 g/mol. The lowest BCUT2D eigenvalue weighted by Gasteiger charge is -2.31. The molecule has 1 heterocycles. The van der Waals surface area contributed by atoms with Gasteiger partial charge in [0.05, 0.1) is 0 Å². The molecule has 3 nitrogen and oxygen atoms in total. The van der Waals surface area contributed by atoms with Gasteiger partial charge in [0, 0.05) is 23.2 Å². The van der Waals surface area contributed by atoms with Crippen LogP contribution in [0.25, 0.3) is 11.1 Å². The first kappa shape index (κ1) is 17.6. The minimum absolute atomic E-state index is 0.125. The molecule has 1 N–H and O–H groups in total. The molecule has 0 bridgehead atoms. The molecule has 26 heavy (non-hydrogen) atoms. The number of carbonyl (C=O) groups excluding carboxylic acids is 1. The standard InChI is InChI=1S/C22H25ClN2O/c23-20-5-1-3-18(13-20)19-4-2-6-21(14-19)24-22(26)17-9-11-25(12-10-17)15-16-7-8-16/h1-6,13-14,16-17H,7-12,15H2,(H,24,26). The number of halogens is 1. The van der Waals surface area contributed by atoms with Crippen molar-refractivity contribution in [2.45, 2.75) is 25.7 Å². The van der Waals surface area contributed by atoms with Crippen molar-refractivity contribution in [3.8, 4) is 11.1 Å². The summed E-state index contributed by atoms with van der Waals surface area (Å²) in [7, 11) is 0. The second kappa shape index (κ2) is 7.81. The first-order valence-corrected chi connectivity index (χ1v) is 9.94. The van der Waals surface area contributed by atoms with E-state index in [2.05, 4.69) is 10.2 Å². The Morgan fingerprint density at radius 2 is 1.69 bits per heavy atom. The van der Waals surface area contributed by atoms with Gasteiger partial charge >= 0.3 is 0 Å². The van der Waals surface area contributed by atoms with E-state index in [9.17, 15) is 4.79 Å². The molecule has 136 valence electrons. The molecule has 0 spiro atoms. The highest BCUT2D eigenvalue weighted by Gasteiger charge is 2.29. The van der Waals surface area contributed by atoms with Crippen molar-refractivity contribution in [1.82, 2.24) is 4.90 Å². The van der Waals surface area contributed by atoms with Crippen LogP contribution in [-0.4, -0.2) is 30.4 Å². The van der Waals surface area contributed by atoms with Gasteiger partial charge in [-0.05, 0) is 80.1 Å². The van der Waals surface area contributed by atoms with E-state index in [0.717, 1.165) is 53.7 Å². The number of hydrogen-bond acceptors (Lipinski definition) is 2. The second-order valence-electron chi connectivity index (χ2n) is 7.60. The number of anilines is 1. The molecular formula is C22H25ClN2O. The summed E-state index contributed by atoms with van der Waals surface area (Å²) in [5, 5.41) is 3.83. The molecule has 4 heteroatoms. The van der Waals surface area contributed by atoms with Gasteiger partial charge < -0.3 is 10.2 Å². The van der Waals surface area contributed by atoms with E-state index in [4.69, 9.17) is 11.6 Å². The number of amides is 1. The average Bonchev–Trinajstić information content (AvgIpc) is 3.46. The van der Waals surface area contributed by atoms with E-state index in [1.54, 1.807) is 0 Å². The lowest BCUT2D eigenvalue weighted by Crippen LogP contribution is -2.39.